The standard InChI is InChI=1S/C95H90BN3O2/c1-90(2,3)61-33-42-78-70(49-61)71-50-62(91(4,5)6)34-43-79(71)97(78)66-37-40-76-82(55-66)99(89-68(57-26-20-18-21-27-57)53-65(94(13,14)15)54-69(89)58-28-22-19-23-29-58)83-46-60(59-32-39-75-85(47-59)100-84-31-25-24-30-74(84)95(75,16)17)48-87-88(83)96(76)77-41-38-67(56-86(77)101-87)98-80-44-35-63(92(7,8)9)51-72(80)73-52-64(93(10,11)12)36-45-81(73)98/h18-56H,1-17H3/i53D,54D. The van der Waals surface area contributed by atoms with Gasteiger partial charge in [0.1, 0.15) is 23.0 Å². The number of benzene rings is 12. The van der Waals surface area contributed by atoms with Gasteiger partial charge in [-0.25, -0.2) is 0 Å². The molecule has 3 aliphatic rings. The van der Waals surface area contributed by atoms with Gasteiger partial charge in [0.15, 0.2) is 0 Å². The topological polar surface area (TPSA) is 31.6 Å². The lowest BCUT2D eigenvalue weighted by Crippen LogP contribution is -2.59. The Morgan fingerprint density at radius 3 is 1.25 bits per heavy atom. The molecule has 0 atom stereocenters. The maximum Gasteiger partial charge on any atom is 0.256 e. The first kappa shape index (κ1) is 61.8. The van der Waals surface area contributed by atoms with Crippen molar-refractivity contribution < 1.29 is 12.2 Å². The normalized spacial score (nSPS) is 14.5. The van der Waals surface area contributed by atoms with E-state index in [2.05, 4.69) is 356 Å². The zero-order valence-electron chi connectivity index (χ0n) is 63.6. The Balaban J connectivity index is 0.998. The highest BCUT2D eigenvalue weighted by Gasteiger charge is 2.45. The van der Waals surface area contributed by atoms with Crippen LogP contribution in [0, 0.1) is 0 Å². The van der Waals surface area contributed by atoms with Crippen LogP contribution in [0.25, 0.3) is 88.4 Å². The Labute approximate surface area is 600 Å². The molecule has 0 aliphatic carbocycles. The van der Waals surface area contributed by atoms with Gasteiger partial charge < -0.3 is 23.5 Å². The quantitative estimate of drug-likeness (QED) is 0.156. The molecule has 0 spiro atoms. The highest BCUT2D eigenvalue weighted by molar-refractivity contribution is 6.99. The number of fused-ring (bicyclic) bond motifs is 12. The van der Waals surface area contributed by atoms with E-state index in [4.69, 9.17) is 9.47 Å². The molecular formula is C95H90BN3O2. The third-order valence-electron chi connectivity index (χ3n) is 22.1. The van der Waals surface area contributed by atoms with Crippen molar-refractivity contribution in [2.75, 3.05) is 4.90 Å². The Morgan fingerprint density at radius 2 is 0.762 bits per heavy atom. The van der Waals surface area contributed by atoms with E-state index in [1.807, 2.05) is 0 Å². The van der Waals surface area contributed by atoms with E-state index in [1.54, 1.807) is 0 Å². The Kier molecular flexibility index (Phi) is 13.7. The predicted molar refractivity (Wildman–Crippen MR) is 429 cm³/mol. The monoisotopic (exact) mass is 1320 g/mol. The summed E-state index contributed by atoms with van der Waals surface area (Å²) < 4.78 is 41.4. The summed E-state index contributed by atoms with van der Waals surface area (Å²) in [5, 5.41) is 4.87. The maximum atomic E-state index is 10.9. The zero-order valence-corrected chi connectivity index (χ0v) is 61.6. The van der Waals surface area contributed by atoms with Crippen LogP contribution in [0.15, 0.2) is 237 Å². The Hall–Kier alpha value is -10.3. The fourth-order valence-electron chi connectivity index (χ4n) is 16.3. The van der Waals surface area contributed by atoms with Gasteiger partial charge in [0.2, 0.25) is 0 Å². The summed E-state index contributed by atoms with van der Waals surface area (Å²) in [6, 6.07) is 83.7. The van der Waals surface area contributed by atoms with Gasteiger partial charge in [-0.05, 0) is 197 Å². The second kappa shape index (κ2) is 22.4. The highest BCUT2D eigenvalue weighted by atomic mass is 16.5. The zero-order chi connectivity index (χ0) is 72.1. The maximum absolute atomic E-state index is 10.9. The number of nitrogens with zero attached hydrogens (tertiary/aromatic N) is 3. The number of hydrogen-bond donors (Lipinski definition) is 0. The van der Waals surface area contributed by atoms with Crippen molar-refractivity contribution in [3.8, 4) is 67.8 Å². The lowest BCUT2D eigenvalue weighted by molar-refractivity contribution is 0.418. The van der Waals surface area contributed by atoms with E-state index in [-0.39, 0.29) is 33.8 Å². The summed E-state index contributed by atoms with van der Waals surface area (Å²) in [5.74, 6) is 3.18. The molecule has 0 bridgehead atoms. The van der Waals surface area contributed by atoms with Gasteiger partial charge in [0, 0.05) is 78.0 Å². The van der Waals surface area contributed by atoms with Crippen LogP contribution in [0.3, 0.4) is 0 Å². The lowest BCUT2D eigenvalue weighted by atomic mass is 9.34. The molecule has 0 N–H and O–H groups in total. The van der Waals surface area contributed by atoms with Crippen molar-refractivity contribution in [3.05, 3.63) is 275 Å². The van der Waals surface area contributed by atoms with Crippen molar-refractivity contribution in [2.24, 2.45) is 0 Å². The SMILES string of the molecule is [2H]c1c(-c2ccccc2)c(N2c3cc(-n4c5ccc(C(C)(C)C)cc5c5cc(C(C)(C)C)ccc54)ccc3B3c4ccc(-n5c6ccc(C(C)(C)C)cc6c6cc(C(C)(C)C)ccc65)cc4Oc4cc(-c5ccc6c(c5)Oc5ccccc5C6(C)C)cc2c43)c(-c2ccccc2)c([2H])c1C(C)(C)C. The Morgan fingerprint density at radius 1 is 0.337 bits per heavy atom. The second-order valence-corrected chi connectivity index (χ2v) is 34.5. The van der Waals surface area contributed by atoms with Crippen molar-refractivity contribution in [1.82, 2.24) is 9.13 Å². The second-order valence-electron chi connectivity index (χ2n) is 34.5. The number of aromatic nitrogens is 2. The number of rotatable bonds is 6. The minimum absolute atomic E-state index is 0.0549. The van der Waals surface area contributed by atoms with E-state index < -0.39 is 5.41 Å². The molecule has 101 heavy (non-hydrogen) atoms. The highest BCUT2D eigenvalue weighted by Crippen LogP contribution is 2.54. The van der Waals surface area contributed by atoms with Gasteiger partial charge in [-0.15, -0.1) is 0 Å². The van der Waals surface area contributed by atoms with Gasteiger partial charge in [-0.3, -0.25) is 0 Å². The Bertz CT molecular complexity index is 5690. The minimum atomic E-state index is -0.586. The first-order chi connectivity index (χ1) is 48.8. The van der Waals surface area contributed by atoms with Crippen LogP contribution >= 0.6 is 0 Å². The van der Waals surface area contributed by atoms with Crippen LogP contribution < -0.4 is 30.8 Å². The molecule has 500 valence electrons. The van der Waals surface area contributed by atoms with E-state index in [1.165, 1.54) is 43.8 Å². The van der Waals surface area contributed by atoms with Gasteiger partial charge in [0.25, 0.3) is 6.71 Å². The molecule has 0 fully saturated rings. The first-order valence-electron chi connectivity index (χ1n) is 37.2. The molecule has 0 unspecified atom stereocenters. The van der Waals surface area contributed by atoms with E-state index in [0.29, 0.717) is 17.6 Å². The van der Waals surface area contributed by atoms with E-state index in [0.717, 1.165) is 134 Å². The van der Waals surface area contributed by atoms with Gasteiger partial charge in [-0.1, -0.05) is 245 Å². The summed E-state index contributed by atoms with van der Waals surface area (Å²) in [4.78, 5) is 2.45. The number of anilines is 3. The van der Waals surface area contributed by atoms with Crippen LogP contribution in [-0.2, 0) is 32.5 Å². The molecule has 0 saturated carbocycles. The minimum Gasteiger partial charge on any atom is -0.458 e. The molecule has 5 heterocycles. The number of para-hydroxylation sites is 1. The predicted octanol–water partition coefficient (Wildman–Crippen LogP) is 24.2. The van der Waals surface area contributed by atoms with E-state index in [9.17, 15) is 2.74 Å². The number of hydrogen-bond acceptors (Lipinski definition) is 3. The van der Waals surface area contributed by atoms with Crippen LogP contribution in [-0.4, -0.2) is 15.8 Å². The number of ether oxygens (including phenoxy) is 2. The van der Waals surface area contributed by atoms with Crippen LogP contribution in [0.4, 0.5) is 17.1 Å². The molecule has 0 saturated heterocycles. The smallest absolute Gasteiger partial charge is 0.256 e. The van der Waals surface area contributed by atoms with Crippen molar-refractivity contribution in [1.29, 1.82) is 0 Å². The van der Waals surface area contributed by atoms with E-state index >= 15 is 0 Å². The van der Waals surface area contributed by atoms with Crippen LogP contribution in [0.1, 0.15) is 159 Å². The molecule has 6 heteroatoms. The van der Waals surface area contributed by atoms with Crippen molar-refractivity contribution in [3.63, 3.8) is 0 Å². The van der Waals surface area contributed by atoms with Crippen molar-refractivity contribution in [2.45, 2.75) is 150 Å². The van der Waals surface area contributed by atoms with Gasteiger partial charge >= 0.3 is 0 Å². The average molecular weight is 1320 g/mol. The summed E-state index contributed by atoms with van der Waals surface area (Å²) in [5.41, 5.74) is 24.3. The summed E-state index contributed by atoms with van der Waals surface area (Å²) in [7, 11) is 0. The molecular weight excluding hydrogens is 1230 g/mol. The largest absolute Gasteiger partial charge is 0.458 e. The third-order valence-corrected chi connectivity index (χ3v) is 22.1. The van der Waals surface area contributed by atoms with Crippen LogP contribution in [0.5, 0.6) is 23.0 Å². The molecule has 12 aromatic carbocycles. The molecule has 14 aromatic rings. The molecule has 5 nitrogen and oxygen atoms in total. The summed E-state index contributed by atoms with van der Waals surface area (Å²) in [6.45, 7) is 38.3. The van der Waals surface area contributed by atoms with Gasteiger partial charge in [-0.2, -0.15) is 0 Å². The summed E-state index contributed by atoms with van der Waals surface area (Å²) in [6.07, 6.45) is 0. The lowest BCUT2D eigenvalue weighted by Gasteiger charge is -2.42. The molecule has 3 aliphatic heterocycles. The average Bonchev–Trinajstić information content (AvgIpc) is 1.07. The fourth-order valence-corrected chi connectivity index (χ4v) is 16.3. The van der Waals surface area contributed by atoms with Crippen LogP contribution in [0.2, 0.25) is 0 Å². The van der Waals surface area contributed by atoms with Crippen molar-refractivity contribution >= 4 is 83.8 Å². The fraction of sp³-hybridized carbons (Fsp3) is 0.242. The molecule has 0 radical (unpaired) electrons. The van der Waals surface area contributed by atoms with Gasteiger partial charge in [0.05, 0.1) is 30.5 Å². The molecule has 2 aromatic heterocycles. The summed E-state index contributed by atoms with van der Waals surface area (Å²) >= 11 is 0. The molecule has 17 rings (SSSR count). The molecule has 0 amide bonds. The first-order valence-corrected chi connectivity index (χ1v) is 36.2. The third kappa shape index (κ3) is 10.4.